The molecule has 2 heterocycles. The Kier molecular flexibility index (Phi) is 3.78. The van der Waals surface area contributed by atoms with Crippen molar-refractivity contribution in [2.75, 3.05) is 11.9 Å². The number of aromatic nitrogens is 1. The summed E-state index contributed by atoms with van der Waals surface area (Å²) in [5.74, 6) is 0.519. The Labute approximate surface area is 127 Å². The number of aryl methyl sites for hydroxylation is 1. The molecule has 0 unspecified atom stereocenters. The number of pyridine rings is 1. The first kappa shape index (κ1) is 14.1. The molecule has 0 aliphatic heterocycles. The van der Waals surface area contributed by atoms with E-state index in [1.807, 2.05) is 44.2 Å². The number of furan rings is 1. The number of rotatable bonds is 4. The predicted molar refractivity (Wildman–Crippen MR) is 84.3 cm³/mol. The lowest BCUT2D eigenvalue weighted by atomic mass is 10.2. The molecular weight excluding hydrogens is 280 g/mol. The maximum Gasteiger partial charge on any atom is 0.291 e. The summed E-state index contributed by atoms with van der Waals surface area (Å²) < 4.78 is 11.0. The molecule has 0 radical (unpaired) electrons. The number of benzene rings is 1. The van der Waals surface area contributed by atoms with Crippen LogP contribution in [0.5, 0.6) is 5.75 Å². The van der Waals surface area contributed by atoms with Crippen LogP contribution < -0.4 is 10.1 Å². The number of carbonyl (C=O) groups excluding carboxylic acids is 1. The number of para-hydroxylation sites is 2. The molecule has 112 valence electrons. The van der Waals surface area contributed by atoms with E-state index < -0.39 is 0 Å². The van der Waals surface area contributed by atoms with Crippen LogP contribution in [0.3, 0.4) is 0 Å². The lowest BCUT2D eigenvalue weighted by molar-refractivity contribution is 0.0998. The van der Waals surface area contributed by atoms with Gasteiger partial charge in [-0.25, -0.2) is 4.98 Å². The van der Waals surface area contributed by atoms with E-state index in [1.54, 1.807) is 12.1 Å². The largest absolute Gasteiger partial charge is 0.492 e. The second kappa shape index (κ2) is 5.89. The fraction of sp³-hybridized carbons (Fsp3) is 0.176. The highest BCUT2D eigenvalue weighted by Gasteiger charge is 2.15. The van der Waals surface area contributed by atoms with E-state index in [9.17, 15) is 4.79 Å². The van der Waals surface area contributed by atoms with E-state index in [0.717, 1.165) is 5.69 Å². The smallest absolute Gasteiger partial charge is 0.291 e. The van der Waals surface area contributed by atoms with Gasteiger partial charge < -0.3 is 14.5 Å². The van der Waals surface area contributed by atoms with Gasteiger partial charge in [-0.2, -0.15) is 0 Å². The highest BCUT2D eigenvalue weighted by molar-refractivity contribution is 6.04. The molecule has 0 aliphatic rings. The molecule has 1 N–H and O–H groups in total. The molecule has 0 fully saturated rings. The van der Waals surface area contributed by atoms with Gasteiger partial charge in [-0.05, 0) is 38.1 Å². The van der Waals surface area contributed by atoms with Crippen molar-refractivity contribution in [1.29, 1.82) is 0 Å². The number of nitrogens with one attached hydrogen (secondary N) is 1. The van der Waals surface area contributed by atoms with E-state index in [2.05, 4.69) is 10.3 Å². The molecule has 1 aromatic carbocycles. The Balaban J connectivity index is 1.87. The first-order valence-electron chi connectivity index (χ1n) is 7.07. The second-order valence-corrected chi connectivity index (χ2v) is 4.83. The van der Waals surface area contributed by atoms with Crippen molar-refractivity contribution >= 4 is 22.7 Å². The molecule has 2 aromatic heterocycles. The van der Waals surface area contributed by atoms with Crippen LogP contribution in [0, 0.1) is 6.92 Å². The summed E-state index contributed by atoms with van der Waals surface area (Å²) in [5, 5.41) is 2.80. The quantitative estimate of drug-likeness (QED) is 0.795. The minimum Gasteiger partial charge on any atom is -0.492 e. The van der Waals surface area contributed by atoms with Crippen molar-refractivity contribution in [3.63, 3.8) is 0 Å². The van der Waals surface area contributed by atoms with E-state index >= 15 is 0 Å². The van der Waals surface area contributed by atoms with Gasteiger partial charge in [0.05, 0.1) is 12.3 Å². The Bertz CT molecular complexity index is 824. The van der Waals surface area contributed by atoms with E-state index in [1.165, 1.54) is 0 Å². The highest BCUT2D eigenvalue weighted by Crippen LogP contribution is 2.25. The molecule has 3 rings (SSSR count). The van der Waals surface area contributed by atoms with Gasteiger partial charge in [0.25, 0.3) is 5.91 Å². The highest BCUT2D eigenvalue weighted by atomic mass is 16.5. The van der Waals surface area contributed by atoms with Crippen LogP contribution >= 0.6 is 0 Å². The van der Waals surface area contributed by atoms with Crippen LogP contribution in [-0.4, -0.2) is 17.5 Å². The van der Waals surface area contributed by atoms with Gasteiger partial charge in [0.15, 0.2) is 11.3 Å². The van der Waals surface area contributed by atoms with Crippen LogP contribution in [0.25, 0.3) is 11.1 Å². The van der Waals surface area contributed by atoms with Gasteiger partial charge in [-0.1, -0.05) is 12.1 Å². The fourth-order valence-electron chi connectivity index (χ4n) is 2.17. The van der Waals surface area contributed by atoms with E-state index in [-0.39, 0.29) is 11.7 Å². The number of ether oxygens (including phenoxy) is 1. The summed E-state index contributed by atoms with van der Waals surface area (Å²) in [7, 11) is 0. The van der Waals surface area contributed by atoms with Crippen molar-refractivity contribution in [2.24, 2.45) is 0 Å². The van der Waals surface area contributed by atoms with Crippen LogP contribution in [0.15, 0.2) is 46.9 Å². The predicted octanol–water partition coefficient (Wildman–Crippen LogP) is 3.79. The Morgan fingerprint density at radius 3 is 2.91 bits per heavy atom. The molecule has 5 heteroatoms. The van der Waals surface area contributed by atoms with Crippen molar-refractivity contribution in [3.8, 4) is 5.75 Å². The number of nitrogens with zero attached hydrogens (tertiary/aromatic N) is 1. The zero-order valence-electron chi connectivity index (χ0n) is 12.4. The first-order valence-corrected chi connectivity index (χ1v) is 7.07. The first-order chi connectivity index (χ1) is 10.7. The summed E-state index contributed by atoms with van der Waals surface area (Å²) in [6, 6.07) is 12.6. The third-order valence-corrected chi connectivity index (χ3v) is 3.17. The van der Waals surface area contributed by atoms with Gasteiger partial charge in [-0.3, -0.25) is 4.79 Å². The summed E-state index contributed by atoms with van der Waals surface area (Å²) >= 11 is 0. The third kappa shape index (κ3) is 2.79. The molecule has 1 amide bonds. The standard InChI is InChI=1S/C17H16N2O3/c1-3-21-14-7-5-4-6-12(14)19-17(20)16-10-13-15(22-16)9-8-11(2)18-13/h4-10H,3H2,1-2H3,(H,19,20). The van der Waals surface area contributed by atoms with Gasteiger partial charge in [0, 0.05) is 11.8 Å². The van der Waals surface area contributed by atoms with Crippen molar-refractivity contribution in [3.05, 3.63) is 53.9 Å². The Hall–Kier alpha value is -2.82. The molecule has 0 atom stereocenters. The number of fused-ring (bicyclic) bond motifs is 1. The SMILES string of the molecule is CCOc1ccccc1NC(=O)c1cc2nc(C)ccc2o1. The van der Waals surface area contributed by atoms with Gasteiger partial charge in [0.1, 0.15) is 11.3 Å². The van der Waals surface area contributed by atoms with Crippen molar-refractivity contribution in [2.45, 2.75) is 13.8 Å². The van der Waals surface area contributed by atoms with Crippen molar-refractivity contribution in [1.82, 2.24) is 4.98 Å². The van der Waals surface area contributed by atoms with Gasteiger partial charge in [0.2, 0.25) is 0 Å². The number of amides is 1. The van der Waals surface area contributed by atoms with Crippen molar-refractivity contribution < 1.29 is 13.9 Å². The van der Waals surface area contributed by atoms with Crippen LogP contribution in [0.4, 0.5) is 5.69 Å². The summed E-state index contributed by atoms with van der Waals surface area (Å²) in [5.41, 5.74) is 2.75. The molecular formula is C17H16N2O3. The monoisotopic (exact) mass is 296 g/mol. The molecule has 0 saturated carbocycles. The lowest BCUT2D eigenvalue weighted by Gasteiger charge is -2.10. The zero-order valence-corrected chi connectivity index (χ0v) is 12.4. The summed E-state index contributed by atoms with van der Waals surface area (Å²) in [4.78, 5) is 16.7. The molecule has 3 aromatic rings. The van der Waals surface area contributed by atoms with Crippen LogP contribution in [0.2, 0.25) is 0 Å². The number of carbonyl (C=O) groups is 1. The second-order valence-electron chi connectivity index (χ2n) is 4.83. The Morgan fingerprint density at radius 2 is 2.09 bits per heavy atom. The summed E-state index contributed by atoms with van der Waals surface area (Å²) in [6.07, 6.45) is 0. The molecule has 22 heavy (non-hydrogen) atoms. The molecule has 0 spiro atoms. The maximum absolute atomic E-state index is 12.3. The topological polar surface area (TPSA) is 64.4 Å². The third-order valence-electron chi connectivity index (χ3n) is 3.17. The number of hydrogen-bond acceptors (Lipinski definition) is 4. The molecule has 5 nitrogen and oxygen atoms in total. The Morgan fingerprint density at radius 1 is 1.27 bits per heavy atom. The minimum atomic E-state index is -0.331. The molecule has 0 bridgehead atoms. The average Bonchev–Trinajstić information content (AvgIpc) is 2.92. The van der Waals surface area contributed by atoms with Crippen LogP contribution in [0.1, 0.15) is 23.2 Å². The summed E-state index contributed by atoms with van der Waals surface area (Å²) in [6.45, 7) is 4.32. The molecule has 0 aliphatic carbocycles. The lowest BCUT2D eigenvalue weighted by Crippen LogP contribution is -2.12. The van der Waals surface area contributed by atoms with E-state index in [4.69, 9.17) is 9.15 Å². The normalized spacial score (nSPS) is 10.6. The maximum atomic E-state index is 12.3. The zero-order chi connectivity index (χ0) is 15.5. The fourth-order valence-corrected chi connectivity index (χ4v) is 2.17. The van der Waals surface area contributed by atoms with Gasteiger partial charge in [-0.15, -0.1) is 0 Å². The van der Waals surface area contributed by atoms with Crippen LogP contribution in [-0.2, 0) is 0 Å². The minimum absolute atomic E-state index is 0.222. The van der Waals surface area contributed by atoms with E-state index in [0.29, 0.717) is 29.1 Å². The number of anilines is 1. The molecule has 0 saturated heterocycles. The average molecular weight is 296 g/mol. The number of hydrogen-bond donors (Lipinski definition) is 1. The van der Waals surface area contributed by atoms with Gasteiger partial charge >= 0.3 is 0 Å².